The maximum absolute atomic E-state index is 12.9. The molecular weight excluding hydrogens is 366 g/mol. The van der Waals surface area contributed by atoms with Crippen molar-refractivity contribution in [2.24, 2.45) is 0 Å². The van der Waals surface area contributed by atoms with Crippen molar-refractivity contribution in [2.75, 3.05) is 38.5 Å². The van der Waals surface area contributed by atoms with E-state index in [0.29, 0.717) is 13.1 Å². The Kier molecular flexibility index (Phi) is 6.02. The molecule has 3 atom stereocenters. The van der Waals surface area contributed by atoms with E-state index in [1.165, 1.54) is 5.56 Å². The molecule has 1 saturated heterocycles. The van der Waals surface area contributed by atoms with Crippen LogP contribution in [-0.2, 0) is 11.2 Å². The van der Waals surface area contributed by atoms with E-state index >= 15 is 0 Å². The highest BCUT2D eigenvalue weighted by Crippen LogP contribution is 2.35. The van der Waals surface area contributed by atoms with Crippen molar-refractivity contribution in [3.8, 4) is 5.75 Å². The molecule has 0 aliphatic carbocycles. The van der Waals surface area contributed by atoms with Crippen LogP contribution in [0.3, 0.4) is 0 Å². The zero-order chi connectivity index (χ0) is 20.2. The van der Waals surface area contributed by atoms with Crippen LogP contribution in [0.1, 0.15) is 23.5 Å². The molecule has 3 N–H and O–H groups in total. The van der Waals surface area contributed by atoms with Gasteiger partial charge in [-0.1, -0.05) is 42.5 Å². The van der Waals surface area contributed by atoms with E-state index in [1.807, 2.05) is 42.5 Å². The predicted molar refractivity (Wildman–Crippen MR) is 113 cm³/mol. The molecule has 154 valence electrons. The lowest BCUT2D eigenvalue weighted by Crippen LogP contribution is -2.45. The first-order valence-electron chi connectivity index (χ1n) is 10.3. The molecule has 4 rings (SSSR count). The highest BCUT2D eigenvalue weighted by Gasteiger charge is 2.35. The maximum Gasteiger partial charge on any atom is 0.261 e. The SMILES string of the molecule is CNC(=O)C(Oc1cccc2c1NCC2)[C@H](CN1CC[C@H](O)C1)c1ccccc1. The van der Waals surface area contributed by atoms with Gasteiger partial charge in [0, 0.05) is 39.1 Å². The molecular formula is C23H29N3O3. The van der Waals surface area contributed by atoms with Gasteiger partial charge in [0.1, 0.15) is 5.75 Å². The third-order valence-electron chi connectivity index (χ3n) is 5.86. The van der Waals surface area contributed by atoms with Gasteiger partial charge in [0.15, 0.2) is 6.10 Å². The summed E-state index contributed by atoms with van der Waals surface area (Å²) in [6.07, 6.45) is 0.759. The number of para-hydroxylation sites is 1. The van der Waals surface area contributed by atoms with Crippen molar-refractivity contribution in [1.82, 2.24) is 10.2 Å². The van der Waals surface area contributed by atoms with Gasteiger partial charge in [0.05, 0.1) is 11.8 Å². The molecule has 1 fully saturated rings. The Morgan fingerprint density at radius 2 is 2.10 bits per heavy atom. The van der Waals surface area contributed by atoms with Crippen LogP contribution in [0.25, 0.3) is 0 Å². The van der Waals surface area contributed by atoms with Crippen molar-refractivity contribution in [3.05, 3.63) is 59.7 Å². The Morgan fingerprint density at radius 1 is 1.28 bits per heavy atom. The van der Waals surface area contributed by atoms with E-state index in [0.717, 1.165) is 42.9 Å². The van der Waals surface area contributed by atoms with E-state index in [2.05, 4.69) is 21.6 Å². The fourth-order valence-corrected chi connectivity index (χ4v) is 4.34. The fourth-order valence-electron chi connectivity index (χ4n) is 4.34. The number of carbonyl (C=O) groups excluding carboxylic acids is 1. The highest BCUT2D eigenvalue weighted by atomic mass is 16.5. The van der Waals surface area contributed by atoms with Crippen molar-refractivity contribution >= 4 is 11.6 Å². The third kappa shape index (κ3) is 4.38. The quantitative estimate of drug-likeness (QED) is 0.669. The number of ether oxygens (including phenoxy) is 1. The van der Waals surface area contributed by atoms with Crippen molar-refractivity contribution in [2.45, 2.75) is 31.0 Å². The average molecular weight is 396 g/mol. The number of likely N-dealkylation sites (tertiary alicyclic amines) is 1. The number of rotatable bonds is 7. The molecule has 1 amide bonds. The van der Waals surface area contributed by atoms with Gasteiger partial charge in [-0.25, -0.2) is 0 Å². The van der Waals surface area contributed by atoms with Crippen LogP contribution < -0.4 is 15.4 Å². The Balaban J connectivity index is 1.66. The molecule has 0 bridgehead atoms. The molecule has 2 heterocycles. The Hall–Kier alpha value is -2.57. The molecule has 2 aliphatic rings. The summed E-state index contributed by atoms with van der Waals surface area (Å²) in [7, 11) is 1.65. The van der Waals surface area contributed by atoms with Crippen LogP contribution in [0, 0.1) is 0 Å². The molecule has 0 spiro atoms. The van der Waals surface area contributed by atoms with Gasteiger partial charge in [-0.3, -0.25) is 9.69 Å². The van der Waals surface area contributed by atoms with Crippen LogP contribution in [-0.4, -0.2) is 61.3 Å². The first kappa shape index (κ1) is 19.7. The third-order valence-corrected chi connectivity index (χ3v) is 5.86. The molecule has 6 heteroatoms. The number of nitrogens with zero attached hydrogens (tertiary/aromatic N) is 1. The van der Waals surface area contributed by atoms with E-state index in [1.54, 1.807) is 7.05 Å². The van der Waals surface area contributed by atoms with Crippen LogP contribution in [0.5, 0.6) is 5.75 Å². The summed E-state index contributed by atoms with van der Waals surface area (Å²) in [5.74, 6) is 0.420. The van der Waals surface area contributed by atoms with Crippen molar-refractivity contribution < 1.29 is 14.6 Å². The smallest absolute Gasteiger partial charge is 0.261 e. The van der Waals surface area contributed by atoms with Gasteiger partial charge >= 0.3 is 0 Å². The number of β-amino-alcohol motifs (C(OH)–C–C–N with tert-alkyl or cyclic N) is 1. The average Bonchev–Trinajstić information content (AvgIpc) is 3.39. The van der Waals surface area contributed by atoms with Crippen LogP contribution >= 0.6 is 0 Å². The molecule has 0 radical (unpaired) electrons. The summed E-state index contributed by atoms with van der Waals surface area (Å²) in [4.78, 5) is 15.2. The Bertz CT molecular complexity index is 843. The molecule has 1 unspecified atom stereocenters. The summed E-state index contributed by atoms with van der Waals surface area (Å²) >= 11 is 0. The largest absolute Gasteiger partial charge is 0.478 e. The second-order valence-corrected chi connectivity index (χ2v) is 7.84. The first-order valence-corrected chi connectivity index (χ1v) is 10.3. The number of aliphatic hydroxyl groups is 1. The zero-order valence-electron chi connectivity index (χ0n) is 16.8. The summed E-state index contributed by atoms with van der Waals surface area (Å²) in [5.41, 5.74) is 3.27. The molecule has 6 nitrogen and oxygen atoms in total. The van der Waals surface area contributed by atoms with Gasteiger partial charge < -0.3 is 20.5 Å². The predicted octanol–water partition coefficient (Wildman–Crippen LogP) is 2.00. The minimum Gasteiger partial charge on any atom is -0.478 e. The second-order valence-electron chi connectivity index (χ2n) is 7.84. The van der Waals surface area contributed by atoms with Crippen molar-refractivity contribution in [1.29, 1.82) is 0 Å². The first-order chi connectivity index (χ1) is 14.2. The number of carbonyl (C=O) groups is 1. The van der Waals surface area contributed by atoms with Gasteiger partial charge in [-0.15, -0.1) is 0 Å². The standard InChI is InChI=1S/C23H29N3O3/c1-24-23(28)22(29-20-9-5-8-17-10-12-25-21(17)20)19(16-6-3-2-4-7-16)15-26-13-11-18(27)14-26/h2-9,18-19,22,25,27H,10-15H2,1H3,(H,24,28)/t18-,19+,22?/m0/s1. The number of amides is 1. The number of fused-ring (bicyclic) bond motifs is 1. The summed E-state index contributed by atoms with van der Waals surface area (Å²) < 4.78 is 6.40. The van der Waals surface area contributed by atoms with E-state index in [9.17, 15) is 9.90 Å². The van der Waals surface area contributed by atoms with Crippen LogP contribution in [0.2, 0.25) is 0 Å². The minimum absolute atomic E-state index is 0.144. The van der Waals surface area contributed by atoms with Gasteiger partial charge in [-0.05, 0) is 30.0 Å². The summed E-state index contributed by atoms with van der Waals surface area (Å²) in [5, 5.41) is 16.1. The van der Waals surface area contributed by atoms with Gasteiger partial charge in [0.2, 0.25) is 0 Å². The van der Waals surface area contributed by atoms with Crippen LogP contribution in [0.15, 0.2) is 48.5 Å². The number of hydrogen-bond acceptors (Lipinski definition) is 5. The van der Waals surface area contributed by atoms with Gasteiger partial charge in [0.25, 0.3) is 5.91 Å². The molecule has 29 heavy (non-hydrogen) atoms. The Labute approximate surface area is 171 Å². The highest BCUT2D eigenvalue weighted by molar-refractivity contribution is 5.82. The molecule has 2 aromatic carbocycles. The summed E-state index contributed by atoms with van der Waals surface area (Å²) in [6.45, 7) is 3.00. The second kappa shape index (κ2) is 8.84. The van der Waals surface area contributed by atoms with E-state index in [4.69, 9.17) is 4.74 Å². The zero-order valence-corrected chi connectivity index (χ0v) is 16.8. The lowest BCUT2D eigenvalue weighted by atomic mass is 9.91. The maximum atomic E-state index is 12.9. The van der Waals surface area contributed by atoms with Gasteiger partial charge in [-0.2, -0.15) is 0 Å². The molecule has 0 aromatic heterocycles. The normalized spacial score (nSPS) is 20.6. The number of anilines is 1. The fraction of sp³-hybridized carbons (Fsp3) is 0.435. The lowest BCUT2D eigenvalue weighted by Gasteiger charge is -2.31. The molecule has 2 aromatic rings. The monoisotopic (exact) mass is 395 g/mol. The van der Waals surface area contributed by atoms with Crippen molar-refractivity contribution in [3.63, 3.8) is 0 Å². The minimum atomic E-state index is -0.672. The van der Waals surface area contributed by atoms with E-state index < -0.39 is 6.10 Å². The van der Waals surface area contributed by atoms with E-state index in [-0.39, 0.29) is 17.9 Å². The lowest BCUT2D eigenvalue weighted by molar-refractivity contribution is -0.128. The number of nitrogens with one attached hydrogen (secondary N) is 2. The number of benzene rings is 2. The molecule has 0 saturated carbocycles. The summed E-state index contributed by atoms with van der Waals surface area (Å²) in [6, 6.07) is 16.1. The number of hydrogen-bond donors (Lipinski definition) is 3. The topological polar surface area (TPSA) is 73.8 Å². The number of aliphatic hydroxyl groups excluding tert-OH is 1. The van der Waals surface area contributed by atoms with Crippen LogP contribution in [0.4, 0.5) is 5.69 Å². The Morgan fingerprint density at radius 3 is 2.83 bits per heavy atom. The molecule has 2 aliphatic heterocycles. The number of likely N-dealkylation sites (N-methyl/N-ethyl adjacent to an activating group) is 1.